The van der Waals surface area contributed by atoms with Crippen LogP contribution in [0.4, 0.5) is 0 Å². The summed E-state index contributed by atoms with van der Waals surface area (Å²) in [5, 5.41) is 0. The van der Waals surface area contributed by atoms with Gasteiger partial charge in [0.1, 0.15) is 0 Å². The molecule has 24 heavy (non-hydrogen) atoms. The first-order valence-electron chi connectivity index (χ1n) is 9.97. The number of hydrogen-bond acceptors (Lipinski definition) is 3. The summed E-state index contributed by atoms with van der Waals surface area (Å²) < 4.78 is 0. The third kappa shape index (κ3) is 5.05. The van der Waals surface area contributed by atoms with E-state index in [0.717, 1.165) is 19.3 Å². The van der Waals surface area contributed by atoms with Gasteiger partial charge in [0.25, 0.3) is 0 Å². The van der Waals surface area contributed by atoms with Gasteiger partial charge in [-0.05, 0) is 71.9 Å². The Kier molecular flexibility index (Phi) is 10.2. The molecule has 0 heterocycles. The maximum Gasteiger partial charge on any atom is 0.0183 e. The molecule has 138 valence electrons. The van der Waals surface area contributed by atoms with Gasteiger partial charge in [0.2, 0.25) is 0 Å². The largest absolute Gasteiger partial charge is 0.326 e. The lowest BCUT2D eigenvalue weighted by molar-refractivity contribution is 0.723. The molecule has 0 saturated heterocycles. The Labute approximate surface area is 149 Å². The molecular formula is C21H39N3. The minimum Gasteiger partial charge on any atom is -0.326 e. The average molecular weight is 334 g/mol. The lowest BCUT2D eigenvalue weighted by Gasteiger charge is -2.26. The Bertz CT molecular complexity index is 402. The van der Waals surface area contributed by atoms with Crippen LogP contribution in [0.3, 0.4) is 0 Å². The molecule has 0 aliphatic heterocycles. The summed E-state index contributed by atoms with van der Waals surface area (Å²) in [4.78, 5) is 0. The summed E-state index contributed by atoms with van der Waals surface area (Å²) in [5.41, 5.74) is 27.0. The van der Waals surface area contributed by atoms with Crippen molar-refractivity contribution in [2.45, 2.75) is 98.2 Å². The zero-order valence-corrected chi connectivity index (χ0v) is 16.2. The van der Waals surface area contributed by atoms with Crippen molar-refractivity contribution in [2.24, 2.45) is 17.2 Å². The van der Waals surface area contributed by atoms with E-state index in [1.54, 1.807) is 0 Å². The maximum atomic E-state index is 6.21. The highest BCUT2D eigenvalue weighted by molar-refractivity contribution is 5.52. The minimum absolute atomic E-state index is 0.603. The van der Waals surface area contributed by atoms with Crippen LogP contribution in [0.2, 0.25) is 0 Å². The van der Waals surface area contributed by atoms with E-state index in [9.17, 15) is 0 Å². The van der Waals surface area contributed by atoms with Crippen LogP contribution in [0.1, 0.15) is 92.7 Å². The van der Waals surface area contributed by atoms with Gasteiger partial charge in [0.05, 0.1) is 0 Å². The van der Waals surface area contributed by atoms with E-state index in [0.29, 0.717) is 19.6 Å². The first-order chi connectivity index (χ1) is 11.7. The molecule has 0 aromatic heterocycles. The van der Waals surface area contributed by atoms with Crippen LogP contribution in [-0.2, 0) is 38.9 Å². The van der Waals surface area contributed by atoms with Gasteiger partial charge < -0.3 is 17.2 Å². The van der Waals surface area contributed by atoms with Crippen molar-refractivity contribution in [2.75, 3.05) is 0 Å². The number of benzene rings is 1. The van der Waals surface area contributed by atoms with Crippen molar-refractivity contribution < 1.29 is 0 Å². The lowest BCUT2D eigenvalue weighted by Crippen LogP contribution is -2.20. The fourth-order valence-corrected chi connectivity index (χ4v) is 3.80. The Hall–Kier alpha value is -0.900. The summed E-state index contributed by atoms with van der Waals surface area (Å²) in [6.45, 7) is 8.54. The Balaban J connectivity index is 3.57. The molecule has 6 N–H and O–H groups in total. The Morgan fingerprint density at radius 3 is 0.875 bits per heavy atom. The first-order valence-corrected chi connectivity index (χ1v) is 9.97. The van der Waals surface area contributed by atoms with Crippen LogP contribution in [0, 0.1) is 0 Å². The van der Waals surface area contributed by atoms with E-state index in [4.69, 9.17) is 17.2 Å². The molecule has 3 heteroatoms. The average Bonchev–Trinajstić information content (AvgIpc) is 2.61. The van der Waals surface area contributed by atoms with E-state index >= 15 is 0 Å². The van der Waals surface area contributed by atoms with Gasteiger partial charge in [-0.2, -0.15) is 0 Å². The highest BCUT2D eigenvalue weighted by atomic mass is 14.6. The third-order valence-corrected chi connectivity index (χ3v) is 5.14. The molecule has 3 nitrogen and oxygen atoms in total. The Morgan fingerprint density at radius 1 is 0.458 bits per heavy atom. The van der Waals surface area contributed by atoms with Gasteiger partial charge in [-0.25, -0.2) is 0 Å². The highest BCUT2D eigenvalue weighted by Gasteiger charge is 2.20. The van der Waals surface area contributed by atoms with Crippen LogP contribution in [-0.4, -0.2) is 0 Å². The molecule has 0 bridgehead atoms. The summed E-state index contributed by atoms with van der Waals surface area (Å²) in [5.74, 6) is 0. The fourth-order valence-electron chi connectivity index (χ4n) is 3.80. The lowest BCUT2D eigenvalue weighted by atomic mass is 9.81. The maximum absolute atomic E-state index is 6.21. The third-order valence-electron chi connectivity index (χ3n) is 5.14. The molecule has 0 aliphatic rings. The van der Waals surface area contributed by atoms with E-state index in [2.05, 4.69) is 20.8 Å². The molecule has 0 atom stereocenters. The normalized spacial score (nSPS) is 11.2. The van der Waals surface area contributed by atoms with E-state index in [1.165, 1.54) is 71.9 Å². The Morgan fingerprint density at radius 2 is 0.708 bits per heavy atom. The SMILES string of the molecule is CCCCc1c(CN)c(CCCC)c(CN)c(CCCC)c1CN. The molecule has 0 fully saturated rings. The van der Waals surface area contributed by atoms with E-state index in [1.807, 2.05) is 0 Å². The zero-order chi connectivity index (χ0) is 17.9. The zero-order valence-electron chi connectivity index (χ0n) is 16.2. The smallest absolute Gasteiger partial charge is 0.0183 e. The van der Waals surface area contributed by atoms with Crippen LogP contribution in [0.5, 0.6) is 0 Å². The summed E-state index contributed by atoms with van der Waals surface area (Å²) in [7, 11) is 0. The molecule has 1 aromatic rings. The van der Waals surface area contributed by atoms with Gasteiger partial charge in [-0.15, -0.1) is 0 Å². The predicted molar refractivity (Wildman–Crippen MR) is 106 cm³/mol. The molecule has 0 radical (unpaired) electrons. The molecule has 0 amide bonds. The van der Waals surface area contributed by atoms with Crippen molar-refractivity contribution in [3.05, 3.63) is 33.4 Å². The van der Waals surface area contributed by atoms with Crippen molar-refractivity contribution in [3.63, 3.8) is 0 Å². The number of hydrogen-bond donors (Lipinski definition) is 3. The topological polar surface area (TPSA) is 78.1 Å². The van der Waals surface area contributed by atoms with Gasteiger partial charge in [0, 0.05) is 19.6 Å². The fraction of sp³-hybridized carbons (Fsp3) is 0.714. The summed E-state index contributed by atoms with van der Waals surface area (Å²) >= 11 is 0. The van der Waals surface area contributed by atoms with Gasteiger partial charge in [-0.1, -0.05) is 40.0 Å². The molecule has 0 aliphatic carbocycles. The van der Waals surface area contributed by atoms with Gasteiger partial charge >= 0.3 is 0 Å². The van der Waals surface area contributed by atoms with Crippen molar-refractivity contribution in [1.82, 2.24) is 0 Å². The molecule has 0 saturated carbocycles. The highest BCUT2D eigenvalue weighted by Crippen LogP contribution is 2.32. The van der Waals surface area contributed by atoms with Crippen molar-refractivity contribution >= 4 is 0 Å². The van der Waals surface area contributed by atoms with Crippen molar-refractivity contribution in [1.29, 1.82) is 0 Å². The molecule has 0 spiro atoms. The molecule has 1 rings (SSSR count). The quantitative estimate of drug-likeness (QED) is 0.539. The van der Waals surface area contributed by atoms with Crippen LogP contribution in [0.25, 0.3) is 0 Å². The monoisotopic (exact) mass is 333 g/mol. The summed E-state index contributed by atoms with van der Waals surface area (Å²) in [6, 6.07) is 0. The van der Waals surface area contributed by atoms with Crippen LogP contribution in [0.15, 0.2) is 0 Å². The number of nitrogens with two attached hydrogens (primary N) is 3. The molecule has 0 unspecified atom stereocenters. The van der Waals surface area contributed by atoms with Crippen LogP contribution >= 0.6 is 0 Å². The van der Waals surface area contributed by atoms with Gasteiger partial charge in [-0.3, -0.25) is 0 Å². The summed E-state index contributed by atoms with van der Waals surface area (Å²) in [6.07, 6.45) is 10.5. The molecular weight excluding hydrogens is 294 g/mol. The van der Waals surface area contributed by atoms with Crippen molar-refractivity contribution in [3.8, 4) is 0 Å². The van der Waals surface area contributed by atoms with E-state index < -0.39 is 0 Å². The first kappa shape index (κ1) is 21.1. The molecule has 1 aromatic carbocycles. The standard InChI is InChI=1S/C21H39N3/c1-4-7-10-16-19(13-22)17(11-8-5-2)21(15-24)18(12-9-6-3)20(16)14-23/h4-15,22-24H2,1-3H3. The minimum atomic E-state index is 0.603. The van der Waals surface area contributed by atoms with Crippen LogP contribution < -0.4 is 17.2 Å². The predicted octanol–water partition coefficient (Wildman–Crippen LogP) is 4.09. The second-order valence-corrected chi connectivity index (χ2v) is 6.79. The van der Waals surface area contributed by atoms with E-state index in [-0.39, 0.29) is 0 Å². The van der Waals surface area contributed by atoms with Gasteiger partial charge in [0.15, 0.2) is 0 Å². The second-order valence-electron chi connectivity index (χ2n) is 6.79. The second kappa shape index (κ2) is 11.6. The number of unbranched alkanes of at least 4 members (excludes halogenated alkanes) is 3. The number of rotatable bonds is 12.